The fourth-order valence-corrected chi connectivity index (χ4v) is 1.67. The zero-order valence-electron chi connectivity index (χ0n) is 13.1. The molecule has 1 aromatic carbocycles. The smallest absolute Gasteiger partial charge is 0.405 e. The lowest BCUT2D eigenvalue weighted by atomic mass is 10.1. The highest BCUT2D eigenvalue weighted by Gasteiger charge is 2.26. The number of rotatable bonds is 4. The monoisotopic (exact) mass is 348 g/mol. The van der Waals surface area contributed by atoms with E-state index in [1.165, 1.54) is 0 Å². The first kappa shape index (κ1) is 19.2. The molecule has 0 saturated heterocycles. The zero-order valence-corrected chi connectivity index (χ0v) is 13.9. The molecule has 1 aromatic rings. The Kier molecular flexibility index (Phi) is 6.37. The number of ether oxygens (including phenoxy) is 1. The molecule has 0 saturated carbocycles. The Balaban J connectivity index is 2.48. The molecule has 0 aliphatic rings. The Labute approximate surface area is 138 Å². The lowest BCUT2D eigenvalue weighted by molar-refractivity contribution is -0.122. The van der Waals surface area contributed by atoms with E-state index < -0.39 is 24.3 Å². The third-order valence-corrected chi connectivity index (χ3v) is 2.78. The summed E-state index contributed by atoms with van der Waals surface area (Å²) < 4.78 is 41.3. The van der Waals surface area contributed by atoms with Crippen molar-refractivity contribution in [1.82, 2.24) is 10.6 Å². The normalized spacial score (nSPS) is 11.7. The largest absolute Gasteiger partial charge is 0.456 e. The number of hydrogen-bond acceptors (Lipinski definition) is 3. The summed E-state index contributed by atoms with van der Waals surface area (Å²) in [6.45, 7) is 4.39. The van der Waals surface area contributed by atoms with Crippen LogP contribution >= 0.6 is 12.2 Å². The fraction of sp³-hybridized carbons (Fsp3) is 0.467. The number of benzene rings is 1. The minimum absolute atomic E-state index is 0.0847. The predicted molar refractivity (Wildman–Crippen MR) is 85.1 cm³/mol. The van der Waals surface area contributed by atoms with Crippen molar-refractivity contribution in [3.05, 3.63) is 35.4 Å². The van der Waals surface area contributed by atoms with E-state index in [-0.39, 0.29) is 11.7 Å². The van der Waals surface area contributed by atoms with Gasteiger partial charge in [0.2, 0.25) is 0 Å². The first-order valence-electron chi connectivity index (χ1n) is 6.87. The van der Waals surface area contributed by atoms with Gasteiger partial charge < -0.3 is 15.4 Å². The van der Waals surface area contributed by atoms with Crippen molar-refractivity contribution in [2.75, 3.05) is 6.54 Å². The van der Waals surface area contributed by atoms with Crippen molar-refractivity contribution in [3.63, 3.8) is 0 Å². The molecule has 0 aromatic heterocycles. The first-order chi connectivity index (χ1) is 10.5. The van der Waals surface area contributed by atoms with Crippen LogP contribution in [0.15, 0.2) is 24.3 Å². The average molecular weight is 348 g/mol. The highest BCUT2D eigenvalue weighted by molar-refractivity contribution is 7.80. The van der Waals surface area contributed by atoms with Gasteiger partial charge in [0.15, 0.2) is 5.11 Å². The Morgan fingerprint density at radius 3 is 2.17 bits per heavy atom. The number of carbonyl (C=O) groups excluding carboxylic acids is 1. The Bertz CT molecular complexity index is 551. The molecule has 128 valence electrons. The summed E-state index contributed by atoms with van der Waals surface area (Å²) in [4.78, 5) is 11.8. The summed E-state index contributed by atoms with van der Waals surface area (Å²) >= 11 is 4.75. The van der Waals surface area contributed by atoms with Crippen molar-refractivity contribution >= 4 is 23.3 Å². The lowest BCUT2D eigenvalue weighted by Gasteiger charge is -2.19. The summed E-state index contributed by atoms with van der Waals surface area (Å²) in [5.74, 6) is -0.431. The zero-order chi connectivity index (χ0) is 17.7. The summed E-state index contributed by atoms with van der Waals surface area (Å²) in [6, 6.07) is 6.55. The number of carbonyl (C=O) groups is 1. The number of esters is 1. The molecule has 0 heterocycles. The number of hydrogen-bond donors (Lipinski definition) is 2. The van der Waals surface area contributed by atoms with Crippen LogP contribution in [0.25, 0.3) is 0 Å². The third kappa shape index (κ3) is 8.39. The van der Waals surface area contributed by atoms with Crippen LogP contribution in [0.2, 0.25) is 0 Å². The summed E-state index contributed by atoms with van der Waals surface area (Å²) in [5.41, 5.74) is 0.600. The molecule has 4 nitrogen and oxygen atoms in total. The van der Waals surface area contributed by atoms with Crippen molar-refractivity contribution in [3.8, 4) is 0 Å². The van der Waals surface area contributed by atoms with Gasteiger partial charge in [0.1, 0.15) is 12.1 Å². The van der Waals surface area contributed by atoms with E-state index in [1.807, 2.05) is 0 Å². The maximum absolute atomic E-state index is 12.0. The highest BCUT2D eigenvalue weighted by atomic mass is 32.1. The van der Waals surface area contributed by atoms with E-state index in [0.717, 1.165) is 5.56 Å². The molecule has 0 aliphatic carbocycles. The number of nitrogens with one attached hydrogen (secondary N) is 2. The molecular formula is C15H19F3N2O2S. The van der Waals surface area contributed by atoms with Gasteiger partial charge in [-0.25, -0.2) is 4.79 Å². The van der Waals surface area contributed by atoms with Gasteiger partial charge >= 0.3 is 12.1 Å². The quantitative estimate of drug-likeness (QED) is 0.647. The molecule has 0 bridgehead atoms. The van der Waals surface area contributed by atoms with Crippen LogP contribution in [0.1, 0.15) is 36.7 Å². The van der Waals surface area contributed by atoms with Gasteiger partial charge in [-0.1, -0.05) is 12.1 Å². The van der Waals surface area contributed by atoms with E-state index in [2.05, 4.69) is 10.6 Å². The number of alkyl halides is 3. The van der Waals surface area contributed by atoms with Crippen LogP contribution < -0.4 is 10.6 Å². The van der Waals surface area contributed by atoms with Crippen LogP contribution in [0.3, 0.4) is 0 Å². The minimum Gasteiger partial charge on any atom is -0.456 e. The van der Waals surface area contributed by atoms with Crippen LogP contribution in [0.4, 0.5) is 13.2 Å². The average Bonchev–Trinajstić information content (AvgIpc) is 2.41. The van der Waals surface area contributed by atoms with Gasteiger partial charge in [0.05, 0.1) is 5.56 Å². The van der Waals surface area contributed by atoms with Crippen molar-refractivity contribution in [1.29, 1.82) is 0 Å². The van der Waals surface area contributed by atoms with Crippen LogP contribution in [0.5, 0.6) is 0 Å². The lowest BCUT2D eigenvalue weighted by Crippen LogP contribution is -2.40. The van der Waals surface area contributed by atoms with E-state index in [0.29, 0.717) is 5.56 Å². The van der Waals surface area contributed by atoms with Gasteiger partial charge in [0.25, 0.3) is 0 Å². The van der Waals surface area contributed by atoms with Crippen LogP contribution in [-0.2, 0) is 11.3 Å². The SMILES string of the molecule is CC(C)(C)OC(=O)c1ccc(CNC(=S)NCC(F)(F)F)cc1. The molecule has 0 spiro atoms. The second-order valence-corrected chi connectivity index (χ2v) is 6.26. The summed E-state index contributed by atoms with van der Waals surface area (Å²) in [5, 5.41) is 4.65. The number of halogens is 3. The van der Waals surface area contributed by atoms with Crippen molar-refractivity contribution in [2.24, 2.45) is 0 Å². The molecule has 1 rings (SSSR count). The maximum atomic E-state index is 12.0. The molecule has 0 aliphatic heterocycles. The van der Waals surface area contributed by atoms with Gasteiger partial charge in [-0.05, 0) is 50.7 Å². The molecule has 0 radical (unpaired) electrons. The molecular weight excluding hydrogens is 329 g/mol. The van der Waals surface area contributed by atoms with Gasteiger partial charge in [-0.15, -0.1) is 0 Å². The summed E-state index contributed by atoms with van der Waals surface area (Å²) in [7, 11) is 0. The van der Waals surface area contributed by atoms with Gasteiger partial charge in [-0.2, -0.15) is 13.2 Å². The van der Waals surface area contributed by atoms with Crippen molar-refractivity contribution < 1.29 is 22.7 Å². The number of thiocarbonyl (C=S) groups is 1. The molecule has 0 amide bonds. The Hall–Kier alpha value is -1.83. The standard InChI is InChI=1S/C15H19F3N2O2S/c1-14(2,3)22-12(21)11-6-4-10(5-7-11)8-19-13(23)20-9-15(16,17)18/h4-7H,8-9H2,1-3H3,(H2,19,20,23). The molecule has 2 N–H and O–H groups in total. The Morgan fingerprint density at radius 1 is 1.13 bits per heavy atom. The fourth-order valence-electron chi connectivity index (χ4n) is 1.52. The van der Waals surface area contributed by atoms with Gasteiger partial charge in [-0.3, -0.25) is 0 Å². The summed E-state index contributed by atoms with van der Waals surface area (Å²) in [6.07, 6.45) is -4.32. The van der Waals surface area contributed by atoms with E-state index in [9.17, 15) is 18.0 Å². The molecule has 0 atom stereocenters. The van der Waals surface area contributed by atoms with E-state index in [1.54, 1.807) is 45.0 Å². The molecule has 0 fully saturated rings. The first-order valence-corrected chi connectivity index (χ1v) is 7.28. The highest BCUT2D eigenvalue weighted by Crippen LogP contribution is 2.13. The van der Waals surface area contributed by atoms with E-state index >= 15 is 0 Å². The topological polar surface area (TPSA) is 50.4 Å². The second-order valence-electron chi connectivity index (χ2n) is 5.85. The molecule has 23 heavy (non-hydrogen) atoms. The minimum atomic E-state index is -4.32. The maximum Gasteiger partial charge on any atom is 0.405 e. The van der Waals surface area contributed by atoms with Crippen LogP contribution in [-0.4, -0.2) is 29.4 Å². The molecule has 8 heteroatoms. The van der Waals surface area contributed by atoms with Crippen molar-refractivity contribution in [2.45, 2.75) is 39.1 Å². The predicted octanol–water partition coefficient (Wildman–Crippen LogP) is 3.17. The van der Waals surface area contributed by atoms with E-state index in [4.69, 9.17) is 17.0 Å². The third-order valence-electron chi connectivity index (χ3n) is 2.49. The Morgan fingerprint density at radius 2 is 1.70 bits per heavy atom. The second kappa shape index (κ2) is 7.63. The van der Waals surface area contributed by atoms with Gasteiger partial charge in [0, 0.05) is 6.54 Å². The van der Waals surface area contributed by atoms with Crippen LogP contribution in [0, 0.1) is 0 Å². The molecule has 0 unspecified atom stereocenters.